The van der Waals surface area contributed by atoms with Gasteiger partial charge in [-0.1, -0.05) is 0 Å². The summed E-state index contributed by atoms with van der Waals surface area (Å²) in [5.41, 5.74) is 72.8. The zero-order valence-corrected chi connectivity index (χ0v) is 56.3. The fraction of sp³-hybridized carbons (Fsp3) is 0.702. The Morgan fingerprint density at radius 1 is 0.394 bits per heavy atom. The molecule has 42 heteroatoms. The van der Waals surface area contributed by atoms with E-state index in [1.54, 1.807) is 0 Å². The molecule has 0 aromatic rings. The lowest BCUT2D eigenvalue weighted by atomic mass is 10.0. The Labute approximate surface area is 573 Å². The van der Waals surface area contributed by atoms with Gasteiger partial charge in [0.25, 0.3) is 0 Å². The molecule has 560 valence electrons. The molecule has 0 aromatic heterocycles. The molecule has 1 heterocycles. The number of aliphatic carboxylic acids is 2. The highest BCUT2D eigenvalue weighted by molar-refractivity contribution is 5.99. The third-order valence-electron chi connectivity index (χ3n) is 15.0. The van der Waals surface area contributed by atoms with Gasteiger partial charge in [-0.15, -0.1) is 0 Å². The lowest BCUT2D eigenvalue weighted by molar-refractivity contribution is -0.140. The van der Waals surface area contributed by atoms with E-state index >= 15 is 0 Å². The van der Waals surface area contributed by atoms with Crippen LogP contribution in [0.3, 0.4) is 0 Å². The summed E-state index contributed by atoms with van der Waals surface area (Å²) in [6.07, 6.45) is -0.0160. The third-order valence-corrected chi connectivity index (χ3v) is 15.0. The molecular weight excluding hydrogens is 1300 g/mol. The fourth-order valence-corrected chi connectivity index (χ4v) is 9.95. The summed E-state index contributed by atoms with van der Waals surface area (Å²) in [7, 11) is 0. The van der Waals surface area contributed by atoms with Crippen molar-refractivity contribution in [2.75, 3.05) is 58.9 Å². The number of hydrogen-bond acceptors (Lipinski definition) is 20. The van der Waals surface area contributed by atoms with Crippen molar-refractivity contribution < 1.29 is 67.7 Å². The summed E-state index contributed by atoms with van der Waals surface area (Å²) < 4.78 is 0. The number of carbonyl (C=O) groups excluding carboxylic acids is 10. The number of carboxylic acid groups (broad SMARTS) is 2. The number of nitrogens with one attached hydrogen (secondary N) is 9. The Kier molecular flexibility index (Phi) is 42.6. The van der Waals surface area contributed by atoms with Gasteiger partial charge in [0, 0.05) is 45.7 Å². The number of guanidine groups is 5. The Morgan fingerprint density at radius 2 is 0.667 bits per heavy atom. The van der Waals surface area contributed by atoms with Crippen molar-refractivity contribution in [2.24, 2.45) is 99.5 Å². The molecule has 99 heavy (non-hydrogen) atoms. The van der Waals surface area contributed by atoms with E-state index in [4.69, 9.17) is 74.5 Å². The third kappa shape index (κ3) is 37.8. The van der Waals surface area contributed by atoms with E-state index in [1.807, 2.05) is 0 Å². The highest BCUT2D eigenvalue weighted by Gasteiger charge is 2.39. The minimum absolute atomic E-state index is 0.00243. The van der Waals surface area contributed by atoms with Gasteiger partial charge in [0.2, 0.25) is 59.1 Å². The maximum atomic E-state index is 14.8. The van der Waals surface area contributed by atoms with E-state index in [0.29, 0.717) is 25.7 Å². The van der Waals surface area contributed by atoms with Crippen LogP contribution in [0.25, 0.3) is 0 Å². The number of amides is 10. The van der Waals surface area contributed by atoms with Crippen LogP contribution in [0.4, 0.5) is 0 Å². The predicted octanol–water partition coefficient (Wildman–Crippen LogP) is -10.2. The Balaban J connectivity index is 3.91. The minimum Gasteiger partial charge on any atom is -0.481 e. The second kappa shape index (κ2) is 48.5. The first-order chi connectivity index (χ1) is 46.8. The number of carboxylic acids is 2. The molecule has 1 fully saturated rings. The minimum atomic E-state index is -1.71. The molecule has 10 amide bonds. The first kappa shape index (κ1) is 86.9. The number of aliphatic imine (C=N–C) groups is 5. The van der Waals surface area contributed by atoms with Gasteiger partial charge in [-0.05, 0) is 142 Å². The number of nitrogens with zero attached hydrogens (tertiary/aromatic N) is 6. The summed E-state index contributed by atoms with van der Waals surface area (Å²) >= 11 is 0. The van der Waals surface area contributed by atoms with Crippen molar-refractivity contribution in [3.8, 4) is 0 Å². The highest BCUT2D eigenvalue weighted by Crippen LogP contribution is 2.19. The molecule has 1 saturated heterocycles. The smallest absolute Gasteiger partial charge is 0.322 e. The molecule has 0 aromatic carbocycles. The molecule has 0 radical (unpaired) electrons. The summed E-state index contributed by atoms with van der Waals surface area (Å²) in [4.78, 5) is 186. The summed E-state index contributed by atoms with van der Waals surface area (Å²) in [5, 5.41) is 42.0. The van der Waals surface area contributed by atoms with Gasteiger partial charge >= 0.3 is 11.9 Å². The van der Waals surface area contributed by atoms with E-state index in [-0.39, 0.29) is 172 Å². The van der Waals surface area contributed by atoms with E-state index in [1.165, 1.54) is 11.8 Å². The van der Waals surface area contributed by atoms with Gasteiger partial charge in [-0.3, -0.25) is 82.5 Å². The van der Waals surface area contributed by atoms with E-state index in [0.717, 1.165) is 0 Å². The molecule has 37 N–H and O–H groups in total. The van der Waals surface area contributed by atoms with Crippen molar-refractivity contribution in [3.63, 3.8) is 0 Å². The molecular formula is C57H108N28O14. The van der Waals surface area contributed by atoms with Crippen molar-refractivity contribution >= 4 is 101 Å². The van der Waals surface area contributed by atoms with Crippen molar-refractivity contribution in [1.29, 1.82) is 0 Å². The zero-order valence-electron chi connectivity index (χ0n) is 56.3. The maximum absolute atomic E-state index is 14.8. The average Bonchev–Trinajstić information content (AvgIpc) is 1.77. The molecule has 1 aliphatic heterocycles. The van der Waals surface area contributed by atoms with E-state index in [2.05, 4.69) is 72.8 Å². The van der Waals surface area contributed by atoms with Crippen LogP contribution < -0.4 is 122 Å². The van der Waals surface area contributed by atoms with Crippen molar-refractivity contribution in [1.82, 2.24) is 52.8 Å². The summed E-state index contributed by atoms with van der Waals surface area (Å²) in [5.74, 6) is -13.0. The predicted molar refractivity (Wildman–Crippen MR) is 367 cm³/mol. The first-order valence-corrected chi connectivity index (χ1v) is 32.7. The van der Waals surface area contributed by atoms with Crippen LogP contribution in [0, 0.1) is 0 Å². The van der Waals surface area contributed by atoms with Gasteiger partial charge in [0.05, 0.1) is 6.04 Å². The van der Waals surface area contributed by atoms with Crippen molar-refractivity contribution in [2.45, 2.75) is 196 Å². The number of hydrogen-bond donors (Lipinski definition) is 24. The van der Waals surface area contributed by atoms with Crippen LogP contribution in [0.2, 0.25) is 0 Å². The second-order valence-electron chi connectivity index (χ2n) is 23.3. The molecule has 0 spiro atoms. The van der Waals surface area contributed by atoms with E-state index < -0.39 is 151 Å². The van der Waals surface area contributed by atoms with Gasteiger partial charge in [-0.25, -0.2) is 0 Å². The second-order valence-corrected chi connectivity index (χ2v) is 23.3. The quantitative estimate of drug-likeness (QED) is 0.0153. The van der Waals surface area contributed by atoms with Crippen LogP contribution in [-0.2, 0) is 57.5 Å². The molecule has 0 bridgehead atoms. The Morgan fingerprint density at radius 3 is 0.929 bits per heavy atom. The Hall–Kier alpha value is -10.1. The number of likely N-dealkylation sites (tertiary alicyclic amines) is 1. The van der Waals surface area contributed by atoms with Crippen LogP contribution in [0.5, 0.6) is 0 Å². The normalized spacial score (nSPS) is 15.1. The van der Waals surface area contributed by atoms with Gasteiger partial charge in [-0.2, -0.15) is 0 Å². The standard InChI is InChI=1S/C57H108N28O14/c1-31(60)52(99)85-29-11-19-40(85)51(98)84-38(18-10-28-75-57(69)70)49(96)83-39(20-21-41(86)87)50(97)82-37(17-9-27-74-56(67)68)48(95)81-36(16-8-26-73-55(65)66)47(94)80-35(15-7-25-72-54(63)64)46(93)79-34(13-3-5-23-59)45(92)78-33(12-2-4-22-58)44(91)77-32(14-6-24-71-53(61)62)43(90)76-30-42(88)89/h31-40H,2-30,58-60H2,1H3,(H,76,90)(H,77,91)(H,78,92)(H,79,93)(H,80,94)(H,81,95)(H,82,97)(H,83,96)(H,84,98)(H,86,87)(H,88,89)(H4,61,62,71)(H4,63,64,72)(H4,65,66,73)(H4,67,68,74)(H4,69,70,75)/t31-,32-,33-,34-,35-,36-,37-,38-,39-,40-/m0/s1. The Bertz CT molecular complexity index is 2790. The molecule has 1 aliphatic rings. The van der Waals surface area contributed by atoms with Crippen LogP contribution in [0.1, 0.15) is 135 Å². The molecule has 0 unspecified atom stereocenters. The SMILES string of the molecule is C[C@H](N)C(=O)N1CCC[C@H]1C(=O)N[C@@H](CCCN=C(N)N)C(=O)N[C@@H](CCC(=O)O)C(=O)N[C@@H](CCCN=C(N)N)C(=O)N[C@@H](CCCN=C(N)N)C(=O)N[C@@H](CCCN=C(N)N)C(=O)N[C@@H](CCCCN)C(=O)N[C@@H](CCCCN)C(=O)N[C@@H](CCCN=C(N)N)C(=O)NCC(=O)O. The van der Waals surface area contributed by atoms with Crippen LogP contribution in [0.15, 0.2) is 25.0 Å². The number of nitrogens with two attached hydrogens (primary N) is 13. The lowest BCUT2D eigenvalue weighted by Crippen LogP contribution is -2.60. The molecule has 42 nitrogen and oxygen atoms in total. The lowest BCUT2D eigenvalue weighted by Gasteiger charge is -2.29. The molecule has 0 aliphatic carbocycles. The molecule has 1 rings (SSSR count). The number of rotatable bonds is 51. The monoisotopic (exact) mass is 1410 g/mol. The summed E-state index contributed by atoms with van der Waals surface area (Å²) in [6.45, 7) is 1.06. The number of carbonyl (C=O) groups is 12. The van der Waals surface area contributed by atoms with Crippen LogP contribution in [-0.4, -0.2) is 235 Å². The van der Waals surface area contributed by atoms with Gasteiger partial charge in [0.1, 0.15) is 60.9 Å². The maximum Gasteiger partial charge on any atom is 0.322 e. The van der Waals surface area contributed by atoms with Crippen LogP contribution >= 0.6 is 0 Å². The van der Waals surface area contributed by atoms with Crippen molar-refractivity contribution in [3.05, 3.63) is 0 Å². The van der Waals surface area contributed by atoms with Gasteiger partial charge in [0.15, 0.2) is 29.8 Å². The molecule has 0 saturated carbocycles. The topological polar surface area (TPSA) is 757 Å². The highest BCUT2D eigenvalue weighted by atomic mass is 16.4. The first-order valence-electron chi connectivity index (χ1n) is 32.7. The summed E-state index contributed by atoms with van der Waals surface area (Å²) in [6, 6.07) is -14.0. The largest absolute Gasteiger partial charge is 0.481 e. The molecule has 10 atom stereocenters. The zero-order chi connectivity index (χ0) is 74.6. The van der Waals surface area contributed by atoms with Gasteiger partial charge < -0.3 is 138 Å². The average molecular weight is 1410 g/mol. The number of unbranched alkanes of at least 4 members (excludes halogenated alkanes) is 2. The fourth-order valence-electron chi connectivity index (χ4n) is 9.95. The van der Waals surface area contributed by atoms with E-state index in [9.17, 15) is 67.7 Å².